The van der Waals surface area contributed by atoms with Crippen LogP contribution in [0.15, 0.2) is 52.9 Å². The van der Waals surface area contributed by atoms with Crippen molar-refractivity contribution in [2.24, 2.45) is 5.92 Å². The van der Waals surface area contributed by atoms with Gasteiger partial charge in [0, 0.05) is 43.3 Å². The van der Waals surface area contributed by atoms with Gasteiger partial charge in [-0.15, -0.1) is 0 Å². The smallest absolute Gasteiger partial charge is 0.319 e. The van der Waals surface area contributed by atoms with Crippen LogP contribution in [-0.4, -0.2) is 52.9 Å². The molecule has 160 valence electrons. The molecule has 2 aliphatic heterocycles. The Hall–Kier alpha value is -3.35. The summed E-state index contributed by atoms with van der Waals surface area (Å²) in [6.45, 7) is 3.01. The van der Waals surface area contributed by atoms with Crippen molar-refractivity contribution in [1.29, 1.82) is 0 Å². The predicted molar refractivity (Wildman–Crippen MR) is 119 cm³/mol. The first-order chi connectivity index (χ1) is 15.2. The van der Waals surface area contributed by atoms with Crippen molar-refractivity contribution < 1.29 is 14.0 Å². The lowest BCUT2D eigenvalue weighted by Crippen LogP contribution is -2.47. The molecule has 2 fully saturated rings. The summed E-state index contributed by atoms with van der Waals surface area (Å²) < 4.78 is 5.80. The molecular formula is C24H26N4O3. The molecule has 3 heterocycles. The van der Waals surface area contributed by atoms with Crippen molar-refractivity contribution in [2.45, 2.75) is 25.7 Å². The van der Waals surface area contributed by atoms with Gasteiger partial charge in [-0.05, 0) is 62.1 Å². The van der Waals surface area contributed by atoms with Crippen molar-refractivity contribution in [2.75, 3.05) is 31.5 Å². The number of piperidine rings is 1. The van der Waals surface area contributed by atoms with Crippen LogP contribution < -0.4 is 5.32 Å². The molecule has 7 heteroatoms. The number of benzene rings is 2. The summed E-state index contributed by atoms with van der Waals surface area (Å²) in [6, 6.07) is 15.3. The molecule has 2 saturated heterocycles. The van der Waals surface area contributed by atoms with Crippen LogP contribution in [0.4, 0.5) is 10.5 Å². The van der Waals surface area contributed by atoms with E-state index in [-0.39, 0.29) is 17.9 Å². The molecule has 0 spiro atoms. The lowest BCUT2D eigenvalue weighted by Gasteiger charge is -2.34. The summed E-state index contributed by atoms with van der Waals surface area (Å²) in [4.78, 5) is 33.6. The van der Waals surface area contributed by atoms with Gasteiger partial charge in [-0.1, -0.05) is 12.1 Å². The van der Waals surface area contributed by atoms with Crippen molar-refractivity contribution in [3.05, 3.63) is 48.5 Å². The second-order valence-corrected chi connectivity index (χ2v) is 8.29. The number of fused-ring (bicyclic) bond motifs is 1. The monoisotopic (exact) mass is 418 g/mol. The van der Waals surface area contributed by atoms with Gasteiger partial charge in [0.25, 0.3) is 0 Å². The van der Waals surface area contributed by atoms with Crippen molar-refractivity contribution >= 4 is 28.7 Å². The average molecular weight is 418 g/mol. The zero-order valence-electron chi connectivity index (χ0n) is 17.4. The van der Waals surface area contributed by atoms with Crippen molar-refractivity contribution in [3.63, 3.8) is 0 Å². The quantitative estimate of drug-likeness (QED) is 0.685. The second-order valence-electron chi connectivity index (χ2n) is 8.29. The van der Waals surface area contributed by atoms with Gasteiger partial charge < -0.3 is 19.5 Å². The molecule has 1 N–H and O–H groups in total. The topological polar surface area (TPSA) is 78.7 Å². The number of nitrogens with zero attached hydrogens (tertiary/aromatic N) is 3. The van der Waals surface area contributed by atoms with E-state index in [1.807, 2.05) is 58.3 Å². The number of rotatable bonds is 3. The summed E-state index contributed by atoms with van der Waals surface area (Å²) in [5, 5.41) is 3.01. The van der Waals surface area contributed by atoms with Crippen LogP contribution in [0.2, 0.25) is 0 Å². The van der Waals surface area contributed by atoms with E-state index in [4.69, 9.17) is 4.42 Å². The molecule has 2 aromatic carbocycles. The zero-order valence-corrected chi connectivity index (χ0v) is 17.4. The van der Waals surface area contributed by atoms with Crippen LogP contribution in [0.5, 0.6) is 0 Å². The number of amides is 3. The number of urea groups is 1. The number of carbonyl (C=O) groups excluding carboxylic acids is 2. The number of aromatic nitrogens is 1. The van der Waals surface area contributed by atoms with Crippen molar-refractivity contribution in [1.82, 2.24) is 14.8 Å². The largest absolute Gasteiger partial charge is 0.436 e. The number of likely N-dealkylation sites (tertiary alicyclic amines) is 2. The van der Waals surface area contributed by atoms with Crippen LogP contribution >= 0.6 is 0 Å². The van der Waals surface area contributed by atoms with Crippen LogP contribution in [0.3, 0.4) is 0 Å². The van der Waals surface area contributed by atoms with E-state index in [0.717, 1.165) is 48.3 Å². The summed E-state index contributed by atoms with van der Waals surface area (Å²) in [7, 11) is 0. The Morgan fingerprint density at radius 2 is 1.58 bits per heavy atom. The van der Waals surface area contributed by atoms with Crippen LogP contribution in [-0.2, 0) is 4.79 Å². The fraction of sp³-hybridized carbons (Fsp3) is 0.375. The van der Waals surface area contributed by atoms with Crippen molar-refractivity contribution in [3.8, 4) is 11.5 Å². The summed E-state index contributed by atoms with van der Waals surface area (Å²) in [5.41, 5.74) is 3.19. The fourth-order valence-corrected chi connectivity index (χ4v) is 4.38. The number of hydrogen-bond acceptors (Lipinski definition) is 4. The van der Waals surface area contributed by atoms with Gasteiger partial charge >= 0.3 is 6.03 Å². The van der Waals surface area contributed by atoms with Gasteiger partial charge in [0.1, 0.15) is 5.52 Å². The number of oxazole rings is 1. The molecule has 0 atom stereocenters. The Labute approximate surface area is 181 Å². The molecule has 0 aliphatic carbocycles. The Bertz CT molecular complexity index is 1040. The minimum absolute atomic E-state index is 0.0166. The third-order valence-electron chi connectivity index (χ3n) is 6.21. The van der Waals surface area contributed by atoms with Gasteiger partial charge in [0.05, 0.1) is 0 Å². The van der Waals surface area contributed by atoms with E-state index < -0.39 is 0 Å². The maximum Gasteiger partial charge on any atom is 0.319 e. The predicted octanol–water partition coefficient (Wildman–Crippen LogP) is 4.36. The minimum atomic E-state index is -0.0701. The summed E-state index contributed by atoms with van der Waals surface area (Å²) in [5.74, 6) is 0.511. The third kappa shape index (κ3) is 4.13. The molecule has 0 saturated carbocycles. The molecule has 0 bridgehead atoms. The molecule has 7 nitrogen and oxygen atoms in total. The Balaban J connectivity index is 1.17. The van der Waals surface area contributed by atoms with Gasteiger partial charge in [-0.25, -0.2) is 9.78 Å². The molecule has 5 rings (SSSR count). The van der Waals surface area contributed by atoms with Crippen LogP contribution in [0.25, 0.3) is 22.6 Å². The zero-order chi connectivity index (χ0) is 21.2. The highest BCUT2D eigenvalue weighted by atomic mass is 16.3. The molecule has 0 unspecified atom stereocenters. The second kappa shape index (κ2) is 8.41. The maximum absolute atomic E-state index is 12.7. The molecule has 3 aromatic rings. The van der Waals surface area contributed by atoms with E-state index in [1.54, 1.807) is 0 Å². The minimum Gasteiger partial charge on any atom is -0.436 e. The first kappa shape index (κ1) is 19.6. The van der Waals surface area contributed by atoms with Gasteiger partial charge in [-0.3, -0.25) is 4.79 Å². The van der Waals surface area contributed by atoms with Crippen LogP contribution in [0.1, 0.15) is 25.7 Å². The van der Waals surface area contributed by atoms with E-state index in [0.29, 0.717) is 31.8 Å². The van der Waals surface area contributed by atoms with Gasteiger partial charge in [0.15, 0.2) is 5.58 Å². The molecule has 2 aliphatic rings. The first-order valence-corrected chi connectivity index (χ1v) is 11.0. The fourth-order valence-electron chi connectivity index (χ4n) is 4.38. The number of carbonyl (C=O) groups is 2. The lowest BCUT2D eigenvalue weighted by molar-refractivity contribution is -0.121. The average Bonchev–Trinajstić information content (AvgIpc) is 3.49. The number of hydrogen-bond donors (Lipinski definition) is 1. The molecule has 0 radical (unpaired) electrons. The Morgan fingerprint density at radius 1 is 0.903 bits per heavy atom. The van der Waals surface area contributed by atoms with Crippen LogP contribution in [0, 0.1) is 5.92 Å². The van der Waals surface area contributed by atoms with E-state index in [2.05, 4.69) is 10.3 Å². The van der Waals surface area contributed by atoms with E-state index in [1.165, 1.54) is 0 Å². The molecule has 3 amide bonds. The number of para-hydroxylation sites is 2. The van der Waals surface area contributed by atoms with Gasteiger partial charge in [-0.2, -0.15) is 0 Å². The standard InChI is InChI=1S/C24H26N4O3/c29-22(17-11-15-28(16-12-17)24(30)27-13-3-4-14-27)25-19-9-7-18(8-10-19)23-26-20-5-1-2-6-21(20)31-23/h1-2,5-10,17H,3-4,11-16H2,(H,25,29). The highest BCUT2D eigenvalue weighted by Crippen LogP contribution is 2.26. The SMILES string of the molecule is O=C(Nc1ccc(-c2nc3ccccc3o2)cc1)C1CCN(C(=O)N2CCCC2)CC1. The lowest BCUT2D eigenvalue weighted by atomic mass is 9.96. The number of nitrogens with one attached hydrogen (secondary N) is 1. The first-order valence-electron chi connectivity index (χ1n) is 11.0. The van der Waals surface area contributed by atoms with E-state index in [9.17, 15) is 9.59 Å². The summed E-state index contributed by atoms with van der Waals surface area (Å²) in [6.07, 6.45) is 3.59. The normalized spacial score (nSPS) is 17.3. The highest BCUT2D eigenvalue weighted by molar-refractivity contribution is 5.93. The van der Waals surface area contributed by atoms with E-state index >= 15 is 0 Å². The number of anilines is 1. The molecule has 31 heavy (non-hydrogen) atoms. The van der Waals surface area contributed by atoms with Gasteiger partial charge in [0.2, 0.25) is 11.8 Å². The Morgan fingerprint density at radius 3 is 2.29 bits per heavy atom. The molecular weight excluding hydrogens is 392 g/mol. The maximum atomic E-state index is 12.7. The highest BCUT2D eigenvalue weighted by Gasteiger charge is 2.30. The summed E-state index contributed by atoms with van der Waals surface area (Å²) >= 11 is 0. The third-order valence-corrected chi connectivity index (χ3v) is 6.21. The Kier molecular flexibility index (Phi) is 5.32. The molecule has 1 aromatic heterocycles.